The number of likely N-dealkylation sites (tertiary alicyclic amines) is 1. The van der Waals surface area contributed by atoms with Crippen LogP contribution < -0.4 is 5.73 Å². The fourth-order valence-electron chi connectivity index (χ4n) is 2.66. The summed E-state index contributed by atoms with van der Waals surface area (Å²) in [6.07, 6.45) is 6.00. The average Bonchev–Trinajstić information content (AvgIpc) is 2.41. The molecule has 0 aromatic carbocycles. The number of rotatable bonds is 3. The molecule has 2 aliphatic heterocycles. The summed E-state index contributed by atoms with van der Waals surface area (Å²) in [6, 6.07) is 0. The van der Waals surface area contributed by atoms with E-state index in [0.717, 1.165) is 44.6 Å². The van der Waals surface area contributed by atoms with Gasteiger partial charge in [-0.15, -0.1) is 24.0 Å². The topological polar surface area (TPSA) is 44.9 Å². The number of nitrogens with two attached hydrogens (primary N) is 1. The SMILES string of the molecule is CC1=CCN(CCN=C(N)N2CCC(C)CC2)CC1.I. The number of halogens is 1. The molecule has 1 fully saturated rings. The van der Waals surface area contributed by atoms with E-state index < -0.39 is 0 Å². The molecule has 0 radical (unpaired) electrons. The fraction of sp³-hybridized carbons (Fsp3) is 0.800. The lowest BCUT2D eigenvalue weighted by Crippen LogP contribution is -2.43. The molecule has 2 N–H and O–H groups in total. The third-order valence-corrected chi connectivity index (χ3v) is 4.32. The molecule has 0 unspecified atom stereocenters. The summed E-state index contributed by atoms with van der Waals surface area (Å²) < 4.78 is 0. The largest absolute Gasteiger partial charge is 0.370 e. The summed E-state index contributed by atoms with van der Waals surface area (Å²) in [5.74, 6) is 1.59. The maximum atomic E-state index is 6.08. The maximum Gasteiger partial charge on any atom is 0.191 e. The molecule has 0 saturated carbocycles. The van der Waals surface area contributed by atoms with Gasteiger partial charge in [0.2, 0.25) is 0 Å². The lowest BCUT2D eigenvalue weighted by Gasteiger charge is -2.31. The van der Waals surface area contributed by atoms with Gasteiger partial charge < -0.3 is 10.6 Å². The molecule has 4 nitrogen and oxygen atoms in total. The van der Waals surface area contributed by atoms with E-state index >= 15 is 0 Å². The molecular formula is C15H29IN4. The molecule has 20 heavy (non-hydrogen) atoms. The third-order valence-electron chi connectivity index (χ3n) is 4.32. The van der Waals surface area contributed by atoms with Gasteiger partial charge in [0, 0.05) is 32.7 Å². The van der Waals surface area contributed by atoms with Gasteiger partial charge in [0.15, 0.2) is 5.96 Å². The van der Waals surface area contributed by atoms with E-state index in [2.05, 4.69) is 34.7 Å². The van der Waals surface area contributed by atoms with E-state index in [-0.39, 0.29) is 24.0 Å². The monoisotopic (exact) mass is 392 g/mol. The number of hydrogen-bond acceptors (Lipinski definition) is 2. The molecule has 1 saturated heterocycles. The Morgan fingerprint density at radius 3 is 2.65 bits per heavy atom. The first-order chi connectivity index (χ1) is 9.15. The van der Waals surface area contributed by atoms with Crippen molar-refractivity contribution in [2.75, 3.05) is 39.3 Å². The van der Waals surface area contributed by atoms with Crippen LogP contribution in [-0.2, 0) is 0 Å². The second kappa shape index (κ2) is 8.87. The molecule has 0 aromatic rings. The smallest absolute Gasteiger partial charge is 0.191 e. The number of hydrogen-bond donors (Lipinski definition) is 1. The van der Waals surface area contributed by atoms with Crippen LogP contribution in [0.15, 0.2) is 16.6 Å². The normalized spacial score (nSPS) is 22.4. The molecule has 0 aromatic heterocycles. The van der Waals surface area contributed by atoms with Crippen LogP contribution in [0.1, 0.15) is 33.1 Å². The first kappa shape index (κ1) is 17.8. The summed E-state index contributed by atoms with van der Waals surface area (Å²) >= 11 is 0. The van der Waals surface area contributed by atoms with Gasteiger partial charge in [-0.3, -0.25) is 9.89 Å². The van der Waals surface area contributed by atoms with Gasteiger partial charge in [0.25, 0.3) is 0 Å². The first-order valence-electron chi connectivity index (χ1n) is 7.58. The van der Waals surface area contributed by atoms with Gasteiger partial charge in [0.1, 0.15) is 0 Å². The van der Waals surface area contributed by atoms with Crippen molar-refractivity contribution in [1.82, 2.24) is 9.80 Å². The second-order valence-corrected chi connectivity index (χ2v) is 6.01. The lowest BCUT2D eigenvalue weighted by molar-refractivity contribution is 0.275. The summed E-state index contributed by atoms with van der Waals surface area (Å²) in [6.45, 7) is 10.8. The molecule has 0 aliphatic carbocycles. The highest BCUT2D eigenvalue weighted by atomic mass is 127. The van der Waals surface area contributed by atoms with E-state index in [1.165, 1.54) is 31.4 Å². The Morgan fingerprint density at radius 1 is 1.35 bits per heavy atom. The van der Waals surface area contributed by atoms with Crippen molar-refractivity contribution in [3.8, 4) is 0 Å². The molecular weight excluding hydrogens is 363 g/mol. The van der Waals surface area contributed by atoms with Crippen LogP contribution in [0.5, 0.6) is 0 Å². The van der Waals surface area contributed by atoms with Crippen LogP contribution in [0.3, 0.4) is 0 Å². The van der Waals surface area contributed by atoms with E-state index in [4.69, 9.17) is 5.73 Å². The minimum Gasteiger partial charge on any atom is -0.370 e. The maximum absolute atomic E-state index is 6.08. The zero-order chi connectivity index (χ0) is 13.7. The highest BCUT2D eigenvalue weighted by molar-refractivity contribution is 14.0. The summed E-state index contributed by atoms with van der Waals surface area (Å²) in [4.78, 5) is 9.23. The van der Waals surface area contributed by atoms with Crippen LogP contribution in [0.4, 0.5) is 0 Å². The van der Waals surface area contributed by atoms with Crippen molar-refractivity contribution >= 4 is 29.9 Å². The molecule has 0 spiro atoms. The average molecular weight is 392 g/mol. The zero-order valence-corrected chi connectivity index (χ0v) is 15.2. The fourth-order valence-corrected chi connectivity index (χ4v) is 2.66. The van der Waals surface area contributed by atoms with Crippen molar-refractivity contribution in [2.24, 2.45) is 16.6 Å². The predicted molar refractivity (Wildman–Crippen MR) is 96.7 cm³/mol. The number of aliphatic imine (C=N–C) groups is 1. The van der Waals surface area contributed by atoms with E-state index in [1.54, 1.807) is 0 Å². The summed E-state index contributed by atoms with van der Waals surface area (Å²) in [5, 5.41) is 0. The van der Waals surface area contributed by atoms with Crippen LogP contribution in [0.2, 0.25) is 0 Å². The van der Waals surface area contributed by atoms with Crippen LogP contribution >= 0.6 is 24.0 Å². The number of nitrogens with zero attached hydrogens (tertiary/aromatic N) is 3. The minimum absolute atomic E-state index is 0. The van der Waals surface area contributed by atoms with E-state index in [0.29, 0.717) is 0 Å². The van der Waals surface area contributed by atoms with Crippen molar-refractivity contribution < 1.29 is 0 Å². The van der Waals surface area contributed by atoms with E-state index in [9.17, 15) is 0 Å². The van der Waals surface area contributed by atoms with Gasteiger partial charge in [-0.2, -0.15) is 0 Å². The van der Waals surface area contributed by atoms with Crippen molar-refractivity contribution in [3.63, 3.8) is 0 Å². The predicted octanol–water partition coefficient (Wildman–Crippen LogP) is 2.30. The highest BCUT2D eigenvalue weighted by Crippen LogP contribution is 2.15. The Labute approximate surface area is 140 Å². The Hall–Kier alpha value is -0.300. The van der Waals surface area contributed by atoms with Crippen LogP contribution in [0.25, 0.3) is 0 Å². The standard InChI is InChI=1S/C15H28N4.HI/c1-13-3-8-18(9-4-13)12-7-17-15(16)19-10-5-14(2)6-11-19;/h3,14H,4-12H2,1-2H3,(H2,16,17);1H. The highest BCUT2D eigenvalue weighted by Gasteiger charge is 2.17. The van der Waals surface area contributed by atoms with Crippen molar-refractivity contribution in [1.29, 1.82) is 0 Å². The van der Waals surface area contributed by atoms with Gasteiger partial charge in [-0.1, -0.05) is 18.6 Å². The lowest BCUT2D eigenvalue weighted by atomic mass is 10.00. The van der Waals surface area contributed by atoms with E-state index in [1.807, 2.05) is 0 Å². The Morgan fingerprint density at radius 2 is 2.05 bits per heavy atom. The van der Waals surface area contributed by atoms with Gasteiger partial charge in [-0.25, -0.2) is 0 Å². The summed E-state index contributed by atoms with van der Waals surface area (Å²) in [7, 11) is 0. The number of guanidine groups is 1. The quantitative estimate of drug-likeness (QED) is 0.347. The molecule has 2 heterocycles. The minimum atomic E-state index is 0. The Bertz CT molecular complexity index is 346. The Balaban J connectivity index is 0.00000200. The molecule has 0 amide bonds. The number of piperidine rings is 1. The first-order valence-corrected chi connectivity index (χ1v) is 7.58. The van der Waals surface area contributed by atoms with Crippen molar-refractivity contribution in [2.45, 2.75) is 33.1 Å². The van der Waals surface area contributed by atoms with Crippen molar-refractivity contribution in [3.05, 3.63) is 11.6 Å². The van der Waals surface area contributed by atoms with Gasteiger partial charge >= 0.3 is 0 Å². The molecule has 5 heteroatoms. The summed E-state index contributed by atoms with van der Waals surface area (Å²) in [5.41, 5.74) is 7.59. The zero-order valence-electron chi connectivity index (χ0n) is 12.8. The molecule has 0 bridgehead atoms. The second-order valence-electron chi connectivity index (χ2n) is 6.01. The molecule has 2 aliphatic rings. The Kier molecular flexibility index (Phi) is 7.87. The van der Waals surface area contributed by atoms with Gasteiger partial charge in [-0.05, 0) is 32.1 Å². The molecule has 2 rings (SSSR count). The third kappa shape index (κ3) is 5.60. The molecule has 116 valence electrons. The molecule has 0 atom stereocenters. The van der Waals surface area contributed by atoms with Crippen LogP contribution in [0, 0.1) is 5.92 Å². The van der Waals surface area contributed by atoms with Crippen LogP contribution in [-0.4, -0.2) is 55.0 Å². The van der Waals surface area contributed by atoms with Gasteiger partial charge in [0.05, 0.1) is 6.54 Å².